The molecule has 1 aliphatic heterocycles. The standard InChI is InChI=1S/C18H25Cl2N2O/c1-3-22(13-23)16-7-10-21(11-8-16)9-6-14(2)15-4-5-17(19)18(20)12-15/h4-5,12-14,16H,2-3,6-11H2,1H3. The molecular formula is C18H25Cl2N2O. The van der Waals surface area contributed by atoms with Crippen LogP contribution < -0.4 is 0 Å². The van der Waals surface area contributed by atoms with Gasteiger partial charge < -0.3 is 9.80 Å². The minimum atomic E-state index is 0.213. The molecule has 1 atom stereocenters. The van der Waals surface area contributed by atoms with Crippen molar-refractivity contribution in [1.29, 1.82) is 0 Å². The van der Waals surface area contributed by atoms with Crippen LogP contribution in [0.1, 0.15) is 37.7 Å². The summed E-state index contributed by atoms with van der Waals surface area (Å²) in [6.45, 7) is 10.2. The summed E-state index contributed by atoms with van der Waals surface area (Å²) >= 11 is 12.0. The summed E-state index contributed by atoms with van der Waals surface area (Å²) < 4.78 is 0. The van der Waals surface area contributed by atoms with Crippen LogP contribution in [0.4, 0.5) is 0 Å². The smallest absolute Gasteiger partial charge is 0.209 e. The van der Waals surface area contributed by atoms with Gasteiger partial charge in [0.2, 0.25) is 6.41 Å². The molecule has 3 nitrogen and oxygen atoms in total. The Morgan fingerprint density at radius 3 is 2.61 bits per heavy atom. The van der Waals surface area contributed by atoms with E-state index in [4.69, 9.17) is 23.2 Å². The largest absolute Gasteiger partial charge is 0.342 e. The van der Waals surface area contributed by atoms with Gasteiger partial charge in [0.1, 0.15) is 0 Å². The van der Waals surface area contributed by atoms with E-state index in [1.54, 1.807) is 0 Å². The second-order valence-corrected chi connectivity index (χ2v) is 6.98. The second kappa shape index (κ2) is 8.91. The first-order valence-corrected chi connectivity index (χ1v) is 9.02. The molecule has 1 fully saturated rings. The van der Waals surface area contributed by atoms with Gasteiger partial charge in [0.15, 0.2) is 0 Å². The van der Waals surface area contributed by atoms with Gasteiger partial charge in [0.25, 0.3) is 0 Å². The Hall–Kier alpha value is -0.770. The lowest BCUT2D eigenvalue weighted by molar-refractivity contribution is -0.120. The van der Waals surface area contributed by atoms with Crippen LogP contribution >= 0.6 is 23.2 Å². The first-order valence-electron chi connectivity index (χ1n) is 8.26. The summed E-state index contributed by atoms with van der Waals surface area (Å²) in [7, 11) is 0. The predicted octanol–water partition coefficient (Wildman–Crippen LogP) is 4.24. The van der Waals surface area contributed by atoms with Gasteiger partial charge in [0.05, 0.1) is 10.0 Å². The van der Waals surface area contributed by atoms with Crippen molar-refractivity contribution in [3.8, 4) is 0 Å². The molecule has 1 heterocycles. The van der Waals surface area contributed by atoms with Gasteiger partial charge in [0, 0.05) is 25.7 Å². The lowest BCUT2D eigenvalue weighted by Crippen LogP contribution is -2.44. The topological polar surface area (TPSA) is 23.6 Å². The van der Waals surface area contributed by atoms with Crippen LogP contribution in [0.2, 0.25) is 10.0 Å². The minimum absolute atomic E-state index is 0.213. The molecule has 1 aromatic carbocycles. The number of nitrogens with zero attached hydrogens (tertiary/aromatic N) is 2. The van der Waals surface area contributed by atoms with Gasteiger partial charge >= 0.3 is 0 Å². The molecule has 1 radical (unpaired) electrons. The third-order valence-corrected chi connectivity index (χ3v) is 5.47. The molecule has 0 N–H and O–H groups in total. The van der Waals surface area contributed by atoms with E-state index < -0.39 is 0 Å². The van der Waals surface area contributed by atoms with Crippen LogP contribution in [-0.4, -0.2) is 48.4 Å². The highest BCUT2D eigenvalue weighted by atomic mass is 35.5. The molecule has 1 saturated heterocycles. The lowest BCUT2D eigenvalue weighted by Gasteiger charge is -2.36. The molecule has 0 aliphatic carbocycles. The maximum absolute atomic E-state index is 11.0. The number of hydrogen-bond acceptors (Lipinski definition) is 2. The lowest BCUT2D eigenvalue weighted by atomic mass is 9.96. The van der Waals surface area contributed by atoms with Crippen molar-refractivity contribution in [2.24, 2.45) is 0 Å². The van der Waals surface area contributed by atoms with Crippen LogP contribution in [-0.2, 0) is 4.79 Å². The number of rotatable bonds is 7. The number of amides is 1. The zero-order valence-corrected chi connectivity index (χ0v) is 15.2. The molecule has 1 amide bonds. The fourth-order valence-corrected chi connectivity index (χ4v) is 3.47. The predicted molar refractivity (Wildman–Crippen MR) is 97.1 cm³/mol. The highest BCUT2D eigenvalue weighted by molar-refractivity contribution is 6.42. The maximum atomic E-state index is 11.0. The molecule has 1 aliphatic rings. The highest BCUT2D eigenvalue weighted by Crippen LogP contribution is 2.28. The van der Waals surface area contributed by atoms with Crippen LogP contribution in [0.3, 0.4) is 0 Å². The number of carbonyl (C=O) groups is 1. The van der Waals surface area contributed by atoms with Crippen LogP contribution in [0, 0.1) is 6.92 Å². The first-order chi connectivity index (χ1) is 11.0. The van der Waals surface area contributed by atoms with Crippen molar-refractivity contribution in [3.63, 3.8) is 0 Å². The summed E-state index contributed by atoms with van der Waals surface area (Å²) in [5.74, 6) is 0.213. The van der Waals surface area contributed by atoms with Crippen molar-refractivity contribution in [2.75, 3.05) is 26.2 Å². The molecule has 0 spiro atoms. The average Bonchev–Trinajstić information content (AvgIpc) is 2.57. The fourth-order valence-electron chi connectivity index (χ4n) is 3.16. The maximum Gasteiger partial charge on any atom is 0.209 e. The number of hydrogen-bond donors (Lipinski definition) is 0. The molecule has 23 heavy (non-hydrogen) atoms. The van der Waals surface area contributed by atoms with Crippen molar-refractivity contribution >= 4 is 29.6 Å². The SMILES string of the molecule is [CH2]C(CCN1CCC(N(C=O)CC)CC1)c1ccc(Cl)c(Cl)c1. The van der Waals surface area contributed by atoms with Crippen molar-refractivity contribution < 1.29 is 4.79 Å². The monoisotopic (exact) mass is 355 g/mol. The van der Waals surface area contributed by atoms with E-state index >= 15 is 0 Å². The molecular weight excluding hydrogens is 331 g/mol. The number of carbonyl (C=O) groups excluding carboxylic acids is 1. The van der Waals surface area contributed by atoms with Gasteiger partial charge in [-0.1, -0.05) is 29.3 Å². The molecule has 1 aromatic rings. The normalized spacial score (nSPS) is 17.9. The Kier molecular flexibility index (Phi) is 7.19. The van der Waals surface area contributed by atoms with E-state index in [0.717, 1.165) is 57.4 Å². The average molecular weight is 356 g/mol. The zero-order valence-electron chi connectivity index (χ0n) is 13.7. The molecule has 0 aromatic heterocycles. The second-order valence-electron chi connectivity index (χ2n) is 6.17. The van der Waals surface area contributed by atoms with Gasteiger partial charge in [-0.3, -0.25) is 4.79 Å². The number of halogens is 2. The number of likely N-dealkylation sites (tertiary alicyclic amines) is 1. The van der Waals surface area contributed by atoms with Gasteiger partial charge in [-0.05, 0) is 63.3 Å². The minimum Gasteiger partial charge on any atom is -0.342 e. The van der Waals surface area contributed by atoms with Crippen molar-refractivity contribution in [3.05, 3.63) is 40.7 Å². The Morgan fingerprint density at radius 2 is 2.04 bits per heavy atom. The van der Waals surface area contributed by atoms with Crippen molar-refractivity contribution in [1.82, 2.24) is 9.80 Å². The van der Waals surface area contributed by atoms with Gasteiger partial charge in [-0.2, -0.15) is 0 Å². The molecule has 0 bridgehead atoms. The molecule has 127 valence electrons. The summed E-state index contributed by atoms with van der Waals surface area (Å²) in [5.41, 5.74) is 1.13. The summed E-state index contributed by atoms with van der Waals surface area (Å²) in [6.07, 6.45) is 4.09. The Balaban J connectivity index is 1.78. The third-order valence-electron chi connectivity index (χ3n) is 4.74. The van der Waals surface area contributed by atoms with E-state index in [1.807, 2.05) is 30.0 Å². The number of benzene rings is 1. The Morgan fingerprint density at radius 1 is 1.35 bits per heavy atom. The molecule has 0 saturated carbocycles. The van der Waals surface area contributed by atoms with E-state index in [1.165, 1.54) is 0 Å². The van der Waals surface area contributed by atoms with Gasteiger partial charge in [-0.25, -0.2) is 0 Å². The number of piperidine rings is 1. The summed E-state index contributed by atoms with van der Waals surface area (Å²) in [5, 5.41) is 1.17. The Bertz CT molecular complexity index is 516. The van der Waals surface area contributed by atoms with E-state index in [9.17, 15) is 4.79 Å². The highest BCUT2D eigenvalue weighted by Gasteiger charge is 2.23. The Labute approximate surface area is 149 Å². The van der Waals surface area contributed by atoms with Crippen LogP contribution in [0.5, 0.6) is 0 Å². The summed E-state index contributed by atoms with van der Waals surface area (Å²) in [4.78, 5) is 15.4. The van der Waals surface area contributed by atoms with Crippen molar-refractivity contribution in [2.45, 2.75) is 38.1 Å². The molecule has 5 heteroatoms. The third kappa shape index (κ3) is 5.10. The quantitative estimate of drug-likeness (QED) is 0.682. The van der Waals surface area contributed by atoms with E-state index in [0.29, 0.717) is 16.1 Å². The fraction of sp³-hybridized carbons (Fsp3) is 0.556. The molecule has 1 unspecified atom stereocenters. The zero-order chi connectivity index (χ0) is 16.8. The summed E-state index contributed by atoms with van der Waals surface area (Å²) in [6, 6.07) is 6.15. The first kappa shape index (κ1) is 18.6. The van der Waals surface area contributed by atoms with Crippen LogP contribution in [0.25, 0.3) is 0 Å². The van der Waals surface area contributed by atoms with E-state index in [-0.39, 0.29) is 5.92 Å². The van der Waals surface area contributed by atoms with Gasteiger partial charge in [-0.15, -0.1) is 0 Å². The van der Waals surface area contributed by atoms with Crippen LogP contribution in [0.15, 0.2) is 18.2 Å². The van der Waals surface area contributed by atoms with E-state index in [2.05, 4.69) is 11.8 Å². The molecule has 2 rings (SSSR count).